The standard InChI is InChI=1S/C17H14ClNO4/c1-23-13-4-2-3-11(9-13)5-8-16(20)19-15-7-6-12(18)10-14(15)17(21)22/h2-10H,1H3,(H,19,20)(H,21,22)/b8-5+. The van der Waals surface area contributed by atoms with Gasteiger partial charge >= 0.3 is 5.97 Å². The molecule has 0 aliphatic rings. The molecule has 2 rings (SSSR count). The van der Waals surface area contributed by atoms with Crippen molar-refractivity contribution in [1.29, 1.82) is 0 Å². The number of methoxy groups -OCH3 is 1. The monoisotopic (exact) mass is 331 g/mol. The highest BCUT2D eigenvalue weighted by Gasteiger charge is 2.12. The van der Waals surface area contributed by atoms with E-state index in [2.05, 4.69) is 5.32 Å². The number of amides is 1. The molecule has 0 aromatic heterocycles. The van der Waals surface area contributed by atoms with Gasteiger partial charge in [-0.1, -0.05) is 23.7 Å². The maximum Gasteiger partial charge on any atom is 0.337 e. The van der Waals surface area contributed by atoms with Crippen molar-refractivity contribution < 1.29 is 19.4 Å². The fraction of sp³-hybridized carbons (Fsp3) is 0.0588. The van der Waals surface area contributed by atoms with Crippen LogP contribution in [0.25, 0.3) is 6.08 Å². The van der Waals surface area contributed by atoms with Crippen molar-refractivity contribution in [2.75, 3.05) is 12.4 Å². The number of rotatable bonds is 5. The van der Waals surface area contributed by atoms with Crippen LogP contribution in [0.1, 0.15) is 15.9 Å². The summed E-state index contributed by atoms with van der Waals surface area (Å²) in [7, 11) is 1.56. The second kappa shape index (κ2) is 7.47. The Bertz CT molecular complexity index is 771. The Morgan fingerprint density at radius 2 is 2.00 bits per heavy atom. The third kappa shape index (κ3) is 4.59. The van der Waals surface area contributed by atoms with Crippen molar-refractivity contribution in [2.24, 2.45) is 0 Å². The molecule has 0 saturated carbocycles. The number of carbonyl (C=O) groups is 2. The number of hydrogen-bond acceptors (Lipinski definition) is 3. The summed E-state index contributed by atoms with van der Waals surface area (Å²) < 4.78 is 5.10. The molecule has 23 heavy (non-hydrogen) atoms. The summed E-state index contributed by atoms with van der Waals surface area (Å²) >= 11 is 5.77. The predicted octanol–water partition coefficient (Wildman–Crippen LogP) is 3.70. The molecule has 0 fully saturated rings. The topological polar surface area (TPSA) is 75.6 Å². The van der Waals surface area contributed by atoms with Gasteiger partial charge in [-0.3, -0.25) is 4.79 Å². The zero-order chi connectivity index (χ0) is 16.8. The summed E-state index contributed by atoms with van der Waals surface area (Å²) in [5.74, 6) is -0.935. The highest BCUT2D eigenvalue weighted by Crippen LogP contribution is 2.21. The van der Waals surface area contributed by atoms with Crippen molar-refractivity contribution in [3.63, 3.8) is 0 Å². The molecule has 2 N–H and O–H groups in total. The highest BCUT2D eigenvalue weighted by atomic mass is 35.5. The van der Waals surface area contributed by atoms with E-state index in [1.165, 1.54) is 24.3 Å². The molecule has 0 heterocycles. The molecule has 0 aliphatic carbocycles. The molecule has 0 unspecified atom stereocenters. The first kappa shape index (κ1) is 16.6. The van der Waals surface area contributed by atoms with Crippen LogP contribution in [0.5, 0.6) is 5.75 Å². The number of halogens is 1. The van der Waals surface area contributed by atoms with Gasteiger partial charge in [0.15, 0.2) is 0 Å². The third-order valence-electron chi connectivity index (χ3n) is 2.99. The number of carbonyl (C=O) groups excluding carboxylic acids is 1. The SMILES string of the molecule is COc1cccc(/C=C/C(=O)Nc2ccc(Cl)cc2C(=O)O)c1. The third-order valence-corrected chi connectivity index (χ3v) is 3.23. The lowest BCUT2D eigenvalue weighted by atomic mass is 10.1. The Labute approximate surface area is 138 Å². The van der Waals surface area contributed by atoms with E-state index in [-0.39, 0.29) is 16.3 Å². The molecule has 0 aliphatic heterocycles. The number of carboxylic acids is 1. The maximum atomic E-state index is 11.9. The van der Waals surface area contributed by atoms with E-state index >= 15 is 0 Å². The fourth-order valence-electron chi connectivity index (χ4n) is 1.89. The van der Waals surface area contributed by atoms with Crippen molar-refractivity contribution in [3.8, 4) is 5.75 Å². The minimum absolute atomic E-state index is 0.0689. The summed E-state index contributed by atoms with van der Waals surface area (Å²) in [5, 5.41) is 11.9. The van der Waals surface area contributed by atoms with Gasteiger partial charge in [0.1, 0.15) is 5.75 Å². The quantitative estimate of drug-likeness (QED) is 0.819. The normalized spacial score (nSPS) is 10.5. The van der Waals surface area contributed by atoms with E-state index < -0.39 is 11.9 Å². The Hall–Kier alpha value is -2.79. The van der Waals surface area contributed by atoms with Crippen molar-refractivity contribution >= 4 is 35.2 Å². The molecule has 5 nitrogen and oxygen atoms in total. The van der Waals surface area contributed by atoms with Gasteiger partial charge in [-0.2, -0.15) is 0 Å². The van der Waals surface area contributed by atoms with Gasteiger partial charge in [-0.05, 0) is 42.0 Å². The average molecular weight is 332 g/mol. The lowest BCUT2D eigenvalue weighted by molar-refractivity contribution is -0.111. The van der Waals surface area contributed by atoms with Gasteiger partial charge in [-0.15, -0.1) is 0 Å². The molecule has 0 spiro atoms. The van der Waals surface area contributed by atoms with Crippen LogP contribution in [-0.2, 0) is 4.79 Å². The maximum absolute atomic E-state index is 11.9. The van der Waals surface area contributed by atoms with Crippen molar-refractivity contribution in [3.05, 3.63) is 64.7 Å². The minimum Gasteiger partial charge on any atom is -0.497 e. The smallest absolute Gasteiger partial charge is 0.337 e. The zero-order valence-corrected chi connectivity index (χ0v) is 13.0. The number of carboxylic acid groups (broad SMARTS) is 1. The van der Waals surface area contributed by atoms with E-state index in [0.717, 1.165) is 5.56 Å². The molecular formula is C17H14ClNO4. The van der Waals surface area contributed by atoms with E-state index in [4.69, 9.17) is 21.4 Å². The summed E-state index contributed by atoms with van der Waals surface area (Å²) in [4.78, 5) is 23.1. The molecule has 6 heteroatoms. The first-order valence-corrected chi connectivity index (χ1v) is 7.03. The molecule has 1 amide bonds. The molecule has 118 valence electrons. The summed E-state index contributed by atoms with van der Waals surface area (Å²) in [6, 6.07) is 11.4. The van der Waals surface area contributed by atoms with E-state index in [9.17, 15) is 9.59 Å². The van der Waals surface area contributed by atoms with E-state index in [1.807, 2.05) is 6.07 Å². The van der Waals surface area contributed by atoms with Crippen molar-refractivity contribution in [2.45, 2.75) is 0 Å². The fourth-order valence-corrected chi connectivity index (χ4v) is 2.07. The van der Waals surface area contributed by atoms with Gasteiger partial charge in [-0.25, -0.2) is 4.79 Å². The number of benzene rings is 2. The summed E-state index contributed by atoms with van der Waals surface area (Å²) in [6.45, 7) is 0. The van der Waals surface area contributed by atoms with Crippen LogP contribution in [0.3, 0.4) is 0 Å². The van der Waals surface area contributed by atoms with E-state index in [0.29, 0.717) is 5.75 Å². The molecule has 2 aromatic rings. The number of aromatic carboxylic acids is 1. The van der Waals surface area contributed by atoms with Gasteiger partial charge in [0.2, 0.25) is 5.91 Å². The van der Waals surface area contributed by atoms with Crippen LogP contribution in [-0.4, -0.2) is 24.1 Å². The molecule has 2 aromatic carbocycles. The number of ether oxygens (including phenoxy) is 1. The van der Waals surface area contributed by atoms with Crippen LogP contribution in [0.15, 0.2) is 48.5 Å². The van der Waals surface area contributed by atoms with Crippen LogP contribution >= 0.6 is 11.6 Å². The van der Waals surface area contributed by atoms with Crippen LogP contribution in [0.2, 0.25) is 5.02 Å². The first-order chi connectivity index (χ1) is 11.0. The van der Waals surface area contributed by atoms with Gasteiger partial charge in [0.05, 0.1) is 18.4 Å². The number of anilines is 1. The van der Waals surface area contributed by atoms with Gasteiger partial charge in [0.25, 0.3) is 0 Å². The van der Waals surface area contributed by atoms with Crippen LogP contribution in [0.4, 0.5) is 5.69 Å². The molecule has 0 atom stereocenters. The second-order valence-electron chi connectivity index (χ2n) is 4.59. The van der Waals surface area contributed by atoms with Crippen LogP contribution in [0, 0.1) is 0 Å². The average Bonchev–Trinajstić information content (AvgIpc) is 2.54. The summed E-state index contributed by atoms with van der Waals surface area (Å²) in [6.07, 6.45) is 2.92. The Balaban J connectivity index is 2.13. The Kier molecular flexibility index (Phi) is 5.38. The highest BCUT2D eigenvalue weighted by molar-refractivity contribution is 6.31. The lowest BCUT2D eigenvalue weighted by Crippen LogP contribution is -2.12. The molecular weight excluding hydrogens is 318 g/mol. The van der Waals surface area contributed by atoms with Gasteiger partial charge in [0, 0.05) is 11.1 Å². The van der Waals surface area contributed by atoms with Crippen LogP contribution < -0.4 is 10.1 Å². The molecule has 0 saturated heterocycles. The Morgan fingerprint density at radius 3 is 2.70 bits per heavy atom. The molecule has 0 radical (unpaired) electrons. The van der Waals surface area contributed by atoms with Gasteiger partial charge < -0.3 is 15.2 Å². The van der Waals surface area contributed by atoms with Crippen molar-refractivity contribution in [1.82, 2.24) is 0 Å². The first-order valence-electron chi connectivity index (χ1n) is 6.65. The zero-order valence-electron chi connectivity index (χ0n) is 12.2. The number of hydrogen-bond donors (Lipinski definition) is 2. The molecule has 0 bridgehead atoms. The minimum atomic E-state index is -1.17. The summed E-state index contributed by atoms with van der Waals surface area (Å²) in [5.41, 5.74) is 0.900. The largest absolute Gasteiger partial charge is 0.497 e. The Morgan fingerprint density at radius 1 is 1.22 bits per heavy atom. The van der Waals surface area contributed by atoms with E-state index in [1.54, 1.807) is 31.4 Å². The second-order valence-corrected chi connectivity index (χ2v) is 5.03. The lowest BCUT2D eigenvalue weighted by Gasteiger charge is -2.07. The number of nitrogens with one attached hydrogen (secondary N) is 1. The predicted molar refractivity (Wildman–Crippen MR) is 89.1 cm³/mol.